The van der Waals surface area contributed by atoms with Crippen molar-refractivity contribution in [2.75, 3.05) is 13.1 Å². The molecule has 0 saturated heterocycles. The Balaban J connectivity index is 3.34. The van der Waals surface area contributed by atoms with Crippen LogP contribution in [0.4, 0.5) is 0 Å². The molecule has 1 N–H and O–H groups in total. The number of alkyl halides is 1. The van der Waals surface area contributed by atoms with Gasteiger partial charge >= 0.3 is 0 Å². The summed E-state index contributed by atoms with van der Waals surface area (Å²) in [5.41, 5.74) is 0. The molecule has 0 rings (SSSR count). The zero-order valence-corrected chi connectivity index (χ0v) is 5.37. The average molecular weight is 144 g/mol. The standard InChI is InChI=1S/C2H6ClNO2S/c1-4(2-3)7(5)6/h2H2,1H3,(H,5,6). The van der Waals surface area contributed by atoms with E-state index in [1.54, 1.807) is 0 Å². The Kier molecular flexibility index (Phi) is 3.55. The van der Waals surface area contributed by atoms with Gasteiger partial charge in [0.1, 0.15) is 0 Å². The Morgan fingerprint density at radius 1 is 2.00 bits per heavy atom. The first-order valence-electron chi connectivity index (χ1n) is 1.56. The summed E-state index contributed by atoms with van der Waals surface area (Å²) in [7, 11) is 1.45. The van der Waals surface area contributed by atoms with Gasteiger partial charge in [-0.1, -0.05) is 0 Å². The van der Waals surface area contributed by atoms with Gasteiger partial charge in [0.15, 0.2) is 0 Å². The average Bonchev–Trinajstić information content (AvgIpc) is 1.65. The van der Waals surface area contributed by atoms with Gasteiger partial charge in [-0.2, -0.15) is 4.31 Å². The van der Waals surface area contributed by atoms with E-state index in [1.165, 1.54) is 7.05 Å². The molecular weight excluding hydrogens is 138 g/mol. The lowest BCUT2D eigenvalue weighted by Gasteiger charge is -2.02. The van der Waals surface area contributed by atoms with Gasteiger partial charge in [0.05, 0.1) is 6.00 Å². The lowest BCUT2D eigenvalue weighted by molar-refractivity contribution is 0.482. The molecule has 0 saturated carbocycles. The number of hydrogen-bond donors (Lipinski definition) is 1. The maximum atomic E-state index is 9.88. The molecule has 44 valence electrons. The van der Waals surface area contributed by atoms with Gasteiger partial charge in [-0.3, -0.25) is 4.55 Å². The molecule has 1 atom stereocenters. The summed E-state index contributed by atoms with van der Waals surface area (Å²) in [6, 6.07) is 0.0725. The van der Waals surface area contributed by atoms with Crippen molar-refractivity contribution in [3.05, 3.63) is 0 Å². The van der Waals surface area contributed by atoms with E-state index in [0.717, 1.165) is 4.31 Å². The van der Waals surface area contributed by atoms with Crippen LogP contribution in [0.1, 0.15) is 0 Å². The topological polar surface area (TPSA) is 40.5 Å². The van der Waals surface area contributed by atoms with E-state index in [9.17, 15) is 4.21 Å². The first-order valence-corrected chi connectivity index (χ1v) is 3.16. The van der Waals surface area contributed by atoms with Gasteiger partial charge in [0, 0.05) is 7.05 Å². The van der Waals surface area contributed by atoms with Gasteiger partial charge in [-0.15, -0.1) is 11.6 Å². The van der Waals surface area contributed by atoms with Crippen LogP contribution in [-0.2, 0) is 11.3 Å². The van der Waals surface area contributed by atoms with Crippen molar-refractivity contribution in [3.8, 4) is 0 Å². The number of halogens is 1. The van der Waals surface area contributed by atoms with Crippen LogP contribution >= 0.6 is 11.6 Å². The van der Waals surface area contributed by atoms with Crippen LogP contribution in [0.3, 0.4) is 0 Å². The van der Waals surface area contributed by atoms with E-state index in [-0.39, 0.29) is 6.00 Å². The summed E-state index contributed by atoms with van der Waals surface area (Å²) in [5, 5.41) is 0. The number of rotatable bonds is 2. The van der Waals surface area contributed by atoms with Crippen LogP contribution in [0, 0.1) is 0 Å². The Morgan fingerprint density at radius 2 is 2.43 bits per heavy atom. The molecule has 0 spiro atoms. The zero-order valence-electron chi connectivity index (χ0n) is 3.80. The summed E-state index contributed by atoms with van der Waals surface area (Å²) in [4.78, 5) is 0. The number of nitrogens with zero attached hydrogens (tertiary/aromatic N) is 1. The maximum absolute atomic E-state index is 9.88. The van der Waals surface area contributed by atoms with Crippen LogP contribution in [0.15, 0.2) is 0 Å². The van der Waals surface area contributed by atoms with E-state index in [4.69, 9.17) is 16.2 Å². The monoisotopic (exact) mass is 143 g/mol. The molecule has 0 radical (unpaired) electrons. The molecule has 0 aliphatic carbocycles. The fraction of sp³-hybridized carbons (Fsp3) is 1.00. The molecule has 7 heavy (non-hydrogen) atoms. The third-order valence-electron chi connectivity index (χ3n) is 0.435. The van der Waals surface area contributed by atoms with Crippen molar-refractivity contribution in [2.24, 2.45) is 0 Å². The van der Waals surface area contributed by atoms with E-state index in [2.05, 4.69) is 0 Å². The molecule has 0 aliphatic heterocycles. The molecule has 0 aliphatic rings. The van der Waals surface area contributed by atoms with E-state index < -0.39 is 11.3 Å². The van der Waals surface area contributed by atoms with E-state index in [0.29, 0.717) is 0 Å². The fourth-order valence-corrected chi connectivity index (χ4v) is 0.376. The molecule has 0 aromatic heterocycles. The summed E-state index contributed by atoms with van der Waals surface area (Å²) in [5.74, 6) is 0. The highest BCUT2D eigenvalue weighted by Gasteiger charge is 1.97. The van der Waals surface area contributed by atoms with Crippen LogP contribution in [-0.4, -0.2) is 26.1 Å². The van der Waals surface area contributed by atoms with Gasteiger partial charge in [0.25, 0.3) is 0 Å². The lowest BCUT2D eigenvalue weighted by Crippen LogP contribution is -2.17. The van der Waals surface area contributed by atoms with Crippen molar-refractivity contribution >= 4 is 22.9 Å². The lowest BCUT2D eigenvalue weighted by atomic mass is 11.3. The van der Waals surface area contributed by atoms with Crippen LogP contribution < -0.4 is 0 Å². The molecule has 0 aromatic carbocycles. The molecule has 0 fully saturated rings. The minimum Gasteiger partial charge on any atom is -0.294 e. The molecule has 1 unspecified atom stereocenters. The maximum Gasteiger partial charge on any atom is 0.235 e. The predicted molar refractivity (Wildman–Crippen MR) is 29.3 cm³/mol. The third kappa shape index (κ3) is 2.99. The summed E-state index contributed by atoms with van der Waals surface area (Å²) in [6.07, 6.45) is 0. The quantitative estimate of drug-likeness (QED) is 0.342. The molecule has 0 aromatic rings. The van der Waals surface area contributed by atoms with Crippen molar-refractivity contribution in [3.63, 3.8) is 0 Å². The van der Waals surface area contributed by atoms with Gasteiger partial charge < -0.3 is 0 Å². The summed E-state index contributed by atoms with van der Waals surface area (Å²) >= 11 is 3.21. The number of hydrogen-bond acceptors (Lipinski definition) is 1. The SMILES string of the molecule is CN(CCl)S(=O)O. The molecule has 0 heterocycles. The van der Waals surface area contributed by atoms with Crippen molar-refractivity contribution in [1.29, 1.82) is 0 Å². The smallest absolute Gasteiger partial charge is 0.235 e. The van der Waals surface area contributed by atoms with Crippen LogP contribution in [0.2, 0.25) is 0 Å². The van der Waals surface area contributed by atoms with Crippen molar-refractivity contribution in [1.82, 2.24) is 4.31 Å². The van der Waals surface area contributed by atoms with Crippen LogP contribution in [0.25, 0.3) is 0 Å². The first-order chi connectivity index (χ1) is 3.18. The molecule has 5 heteroatoms. The van der Waals surface area contributed by atoms with Crippen molar-refractivity contribution in [2.45, 2.75) is 0 Å². The first kappa shape index (κ1) is 7.36. The minimum atomic E-state index is -1.91. The fourth-order valence-electron chi connectivity index (χ4n) is 0.0417. The van der Waals surface area contributed by atoms with E-state index in [1.807, 2.05) is 0 Å². The zero-order chi connectivity index (χ0) is 5.86. The largest absolute Gasteiger partial charge is 0.294 e. The Bertz CT molecular complexity index is 78.1. The van der Waals surface area contributed by atoms with Crippen molar-refractivity contribution < 1.29 is 8.76 Å². The van der Waals surface area contributed by atoms with Gasteiger partial charge in [-0.25, -0.2) is 4.21 Å². The summed E-state index contributed by atoms with van der Waals surface area (Å²) in [6.45, 7) is 0. The van der Waals surface area contributed by atoms with Crippen LogP contribution in [0.5, 0.6) is 0 Å². The highest BCUT2D eigenvalue weighted by Crippen LogP contribution is 1.86. The molecule has 0 bridgehead atoms. The second-order valence-electron chi connectivity index (χ2n) is 0.978. The summed E-state index contributed by atoms with van der Waals surface area (Å²) < 4.78 is 19.1. The Hall–Kier alpha value is 0.360. The second-order valence-corrected chi connectivity index (χ2v) is 2.30. The molecular formula is C2H6ClNO2S. The Labute approximate surface area is 49.7 Å². The van der Waals surface area contributed by atoms with Gasteiger partial charge in [-0.05, 0) is 0 Å². The normalized spacial score (nSPS) is 14.9. The second kappa shape index (κ2) is 3.37. The Morgan fingerprint density at radius 3 is 2.43 bits per heavy atom. The van der Waals surface area contributed by atoms with Gasteiger partial charge in [0.2, 0.25) is 11.3 Å². The molecule has 3 nitrogen and oxygen atoms in total. The van der Waals surface area contributed by atoms with E-state index >= 15 is 0 Å². The minimum absolute atomic E-state index is 0.0725. The molecule has 0 amide bonds. The third-order valence-corrected chi connectivity index (χ3v) is 1.60. The predicted octanol–water partition coefficient (Wildman–Crippen LogP) is 0.251. The highest BCUT2D eigenvalue weighted by molar-refractivity contribution is 7.76. The highest BCUT2D eigenvalue weighted by atomic mass is 35.5.